The minimum absolute atomic E-state index is 0.0135. The van der Waals surface area contributed by atoms with Crippen LogP contribution in [-0.4, -0.2) is 34.0 Å². The van der Waals surface area contributed by atoms with Gasteiger partial charge >= 0.3 is 0 Å². The second-order valence-corrected chi connectivity index (χ2v) is 7.49. The van der Waals surface area contributed by atoms with E-state index in [1.54, 1.807) is 42.5 Å². The Kier molecular flexibility index (Phi) is 7.39. The second kappa shape index (κ2) is 10.2. The molecule has 0 bridgehead atoms. The molecule has 6 heteroatoms. The lowest BCUT2D eigenvalue weighted by Gasteiger charge is -2.21. The molecule has 0 amide bonds. The van der Waals surface area contributed by atoms with Crippen molar-refractivity contribution in [2.75, 3.05) is 7.11 Å². The number of benzene rings is 2. The largest absolute Gasteiger partial charge is 0.504 e. The molecule has 0 aromatic heterocycles. The van der Waals surface area contributed by atoms with Crippen molar-refractivity contribution in [1.82, 2.24) is 0 Å². The van der Waals surface area contributed by atoms with Crippen molar-refractivity contribution in [3.8, 4) is 11.5 Å². The number of rotatable bonds is 7. The fourth-order valence-corrected chi connectivity index (χ4v) is 3.72. The highest BCUT2D eigenvalue weighted by molar-refractivity contribution is 6.16. The predicted octanol–water partition coefficient (Wildman–Crippen LogP) is 3.42. The second-order valence-electron chi connectivity index (χ2n) is 7.49. The average Bonchev–Trinajstić information content (AvgIpc) is 2.79. The van der Waals surface area contributed by atoms with Gasteiger partial charge in [-0.15, -0.1) is 0 Å². The quantitative estimate of drug-likeness (QED) is 0.467. The molecule has 6 nitrogen and oxygen atoms in total. The highest BCUT2D eigenvalue weighted by atomic mass is 16.5. The third-order valence-corrected chi connectivity index (χ3v) is 5.47. The van der Waals surface area contributed by atoms with Gasteiger partial charge in [-0.3, -0.25) is 9.59 Å². The topological polar surface area (TPSA) is 104 Å². The van der Waals surface area contributed by atoms with Crippen molar-refractivity contribution < 1.29 is 29.6 Å². The minimum atomic E-state index is -0.718. The molecule has 1 aliphatic rings. The van der Waals surface area contributed by atoms with Gasteiger partial charge in [0.25, 0.3) is 0 Å². The van der Waals surface area contributed by atoms with Crippen molar-refractivity contribution >= 4 is 23.7 Å². The smallest absolute Gasteiger partial charge is 0.169 e. The Bertz CT molecular complexity index is 1030. The van der Waals surface area contributed by atoms with E-state index < -0.39 is 5.92 Å². The summed E-state index contributed by atoms with van der Waals surface area (Å²) in [6, 6.07) is 10.0. The molecule has 0 saturated heterocycles. The van der Waals surface area contributed by atoms with Gasteiger partial charge in [-0.25, -0.2) is 0 Å². The van der Waals surface area contributed by atoms with Crippen molar-refractivity contribution in [2.24, 2.45) is 5.92 Å². The molecule has 3 N–H and O–H groups in total. The molecule has 2 aromatic carbocycles. The Morgan fingerprint density at radius 3 is 2.55 bits per heavy atom. The number of ether oxygens (including phenoxy) is 1. The maximum Gasteiger partial charge on any atom is 0.169 e. The predicted molar refractivity (Wildman–Crippen MR) is 117 cm³/mol. The summed E-state index contributed by atoms with van der Waals surface area (Å²) < 4.78 is 5.07. The van der Waals surface area contributed by atoms with E-state index in [0.29, 0.717) is 40.9 Å². The van der Waals surface area contributed by atoms with Crippen LogP contribution in [0.25, 0.3) is 12.2 Å². The van der Waals surface area contributed by atoms with Crippen LogP contribution in [0.3, 0.4) is 0 Å². The van der Waals surface area contributed by atoms with Crippen molar-refractivity contribution in [3.63, 3.8) is 0 Å². The third kappa shape index (κ3) is 5.29. The van der Waals surface area contributed by atoms with Crippen LogP contribution in [0.4, 0.5) is 0 Å². The van der Waals surface area contributed by atoms with Crippen LogP contribution in [-0.2, 0) is 22.8 Å². The number of methoxy groups -OCH3 is 1. The van der Waals surface area contributed by atoms with Gasteiger partial charge in [0.05, 0.1) is 26.2 Å². The normalized spacial score (nSPS) is 18.0. The summed E-state index contributed by atoms with van der Waals surface area (Å²) in [5.41, 5.74) is 3.28. The van der Waals surface area contributed by atoms with Crippen LogP contribution in [0.5, 0.6) is 11.5 Å². The minimum Gasteiger partial charge on any atom is -0.504 e. The first-order valence-electron chi connectivity index (χ1n) is 10.1. The van der Waals surface area contributed by atoms with Crippen LogP contribution in [0.2, 0.25) is 0 Å². The van der Waals surface area contributed by atoms with Gasteiger partial charge < -0.3 is 20.1 Å². The van der Waals surface area contributed by atoms with Crippen molar-refractivity contribution in [2.45, 2.75) is 32.5 Å². The Balaban J connectivity index is 1.77. The first-order chi connectivity index (χ1) is 15.0. The van der Waals surface area contributed by atoms with Gasteiger partial charge in [0.1, 0.15) is 0 Å². The molecule has 162 valence electrons. The fourth-order valence-electron chi connectivity index (χ4n) is 3.72. The Hall–Kier alpha value is -3.22. The molecule has 1 fully saturated rings. The maximum atomic E-state index is 12.9. The van der Waals surface area contributed by atoms with Gasteiger partial charge in [-0.05, 0) is 77.4 Å². The number of carbonyl (C=O) groups is 2. The van der Waals surface area contributed by atoms with Gasteiger partial charge in [0.2, 0.25) is 0 Å². The van der Waals surface area contributed by atoms with Crippen LogP contribution in [0, 0.1) is 5.92 Å². The highest BCUT2D eigenvalue weighted by Crippen LogP contribution is 2.30. The Morgan fingerprint density at radius 1 is 1.10 bits per heavy atom. The molecule has 0 spiro atoms. The number of allylic oxidation sites excluding steroid dienone is 2. The summed E-state index contributed by atoms with van der Waals surface area (Å²) in [4.78, 5) is 25.6. The van der Waals surface area contributed by atoms with E-state index in [9.17, 15) is 24.9 Å². The number of carbonyl (C=O) groups excluding carboxylic acids is 2. The van der Waals surface area contributed by atoms with E-state index in [1.807, 2.05) is 0 Å². The molecule has 3 rings (SSSR count). The van der Waals surface area contributed by atoms with E-state index in [0.717, 1.165) is 12.0 Å². The monoisotopic (exact) mass is 422 g/mol. The van der Waals surface area contributed by atoms with E-state index in [2.05, 4.69) is 0 Å². The fraction of sp³-hybridized carbons (Fsp3) is 0.280. The number of Topliss-reactive ketones (excluding diaryl/α,β-unsaturated/α-hetero) is 1. The number of hydrogen-bond donors (Lipinski definition) is 3. The number of hydrogen-bond acceptors (Lipinski definition) is 6. The molecule has 0 radical (unpaired) electrons. The number of phenols is 1. The summed E-state index contributed by atoms with van der Waals surface area (Å²) in [6.07, 6.45) is 6.60. The molecule has 0 aliphatic heterocycles. The van der Waals surface area contributed by atoms with Crippen molar-refractivity contribution in [1.29, 1.82) is 0 Å². The van der Waals surface area contributed by atoms with Crippen molar-refractivity contribution in [3.05, 3.63) is 70.3 Å². The average molecular weight is 422 g/mol. The SMILES string of the molecule is COc1cc(/C=C/C(=O)C2CCC/C(=C\c3ccc(CO)c(CO)c3)C2=O)ccc1O. The van der Waals surface area contributed by atoms with Gasteiger partial charge in [-0.1, -0.05) is 24.3 Å². The lowest BCUT2D eigenvalue weighted by Crippen LogP contribution is -2.27. The molecule has 1 atom stereocenters. The van der Waals surface area contributed by atoms with Crippen LogP contribution in [0.1, 0.15) is 41.5 Å². The number of aliphatic hydroxyl groups excluding tert-OH is 2. The van der Waals surface area contributed by atoms with E-state index in [4.69, 9.17) is 4.74 Å². The molecule has 1 aliphatic carbocycles. The summed E-state index contributed by atoms with van der Waals surface area (Å²) in [7, 11) is 1.45. The number of phenolic OH excluding ortho intramolecular Hbond substituents is 1. The summed E-state index contributed by atoms with van der Waals surface area (Å²) in [5, 5.41) is 28.5. The zero-order valence-electron chi connectivity index (χ0n) is 17.4. The molecular formula is C25H26O6. The summed E-state index contributed by atoms with van der Waals surface area (Å²) in [6.45, 7) is -0.365. The zero-order chi connectivity index (χ0) is 22.4. The molecule has 1 unspecified atom stereocenters. The van der Waals surface area contributed by atoms with Gasteiger partial charge in [-0.2, -0.15) is 0 Å². The van der Waals surface area contributed by atoms with Gasteiger partial charge in [0.15, 0.2) is 23.1 Å². The molecule has 0 heterocycles. The molecule has 1 saturated carbocycles. The lowest BCUT2D eigenvalue weighted by molar-refractivity contribution is -0.129. The Morgan fingerprint density at radius 2 is 1.84 bits per heavy atom. The van der Waals surface area contributed by atoms with Gasteiger partial charge in [0, 0.05) is 0 Å². The van der Waals surface area contributed by atoms with Crippen LogP contribution < -0.4 is 4.74 Å². The lowest BCUT2D eigenvalue weighted by atomic mass is 9.80. The molecular weight excluding hydrogens is 396 g/mol. The third-order valence-electron chi connectivity index (χ3n) is 5.47. The first-order valence-corrected chi connectivity index (χ1v) is 10.1. The number of ketones is 2. The maximum absolute atomic E-state index is 12.9. The zero-order valence-corrected chi connectivity index (χ0v) is 17.4. The number of aromatic hydroxyl groups is 1. The highest BCUT2D eigenvalue weighted by Gasteiger charge is 2.30. The number of aliphatic hydroxyl groups is 2. The standard InChI is InChI=1S/C25H26O6/c1-31-24-13-16(7-10-23(24)29)6-9-22(28)21-4-2-3-18(25(21)30)11-17-5-8-19(14-26)20(12-17)15-27/h5-13,21,26-27,29H,2-4,14-15H2,1H3/b9-6+,18-11+. The summed E-state index contributed by atoms with van der Waals surface area (Å²) in [5.74, 6) is -0.831. The van der Waals surface area contributed by atoms with E-state index in [1.165, 1.54) is 19.3 Å². The van der Waals surface area contributed by atoms with Crippen LogP contribution >= 0.6 is 0 Å². The molecule has 31 heavy (non-hydrogen) atoms. The Labute approximate surface area is 181 Å². The van der Waals surface area contributed by atoms with Crippen LogP contribution in [0.15, 0.2) is 48.0 Å². The van der Waals surface area contributed by atoms with E-state index in [-0.39, 0.29) is 30.5 Å². The molecule has 2 aromatic rings. The van der Waals surface area contributed by atoms with E-state index >= 15 is 0 Å². The summed E-state index contributed by atoms with van der Waals surface area (Å²) >= 11 is 0. The first kappa shape index (κ1) is 22.5.